The number of fused-ring (bicyclic) bond motifs is 1. The molecule has 104 valence electrons. The summed E-state index contributed by atoms with van der Waals surface area (Å²) in [5, 5.41) is 3.53. The summed E-state index contributed by atoms with van der Waals surface area (Å²) in [5.41, 5.74) is 2.39. The minimum atomic E-state index is -0.0531. The van der Waals surface area contributed by atoms with E-state index in [1.165, 1.54) is 42.6 Å². The van der Waals surface area contributed by atoms with Crippen LogP contribution in [-0.2, 0) is 0 Å². The number of hydrogen-bond donors (Lipinski definition) is 1. The first-order valence-corrected chi connectivity index (χ1v) is 7.96. The van der Waals surface area contributed by atoms with Crippen molar-refractivity contribution in [3.8, 4) is 0 Å². The van der Waals surface area contributed by atoms with Gasteiger partial charge < -0.3 is 5.32 Å². The molecule has 3 nitrogen and oxygen atoms in total. The Kier molecular flexibility index (Phi) is 4.11. The van der Waals surface area contributed by atoms with Gasteiger partial charge in [-0.15, -0.1) is 11.3 Å². The molecule has 3 rings (SSSR count). The molecule has 1 heterocycles. The highest BCUT2D eigenvalue weighted by atomic mass is 32.1. The van der Waals surface area contributed by atoms with E-state index in [0.717, 1.165) is 16.6 Å². The van der Waals surface area contributed by atoms with Crippen molar-refractivity contribution in [1.82, 2.24) is 10.3 Å². The summed E-state index contributed by atoms with van der Waals surface area (Å²) in [6, 6.07) is 7.85. The number of allylic oxidation sites excluding steroid dienone is 1. The summed E-state index contributed by atoms with van der Waals surface area (Å²) in [4.78, 5) is 16.4. The second-order valence-electron chi connectivity index (χ2n) is 5.10. The average Bonchev–Trinajstić information content (AvgIpc) is 2.92. The topological polar surface area (TPSA) is 42.0 Å². The highest BCUT2D eigenvalue weighted by Crippen LogP contribution is 2.22. The van der Waals surface area contributed by atoms with Gasteiger partial charge in [0.2, 0.25) is 0 Å². The van der Waals surface area contributed by atoms with Crippen molar-refractivity contribution in [2.24, 2.45) is 0 Å². The second-order valence-corrected chi connectivity index (χ2v) is 6.13. The summed E-state index contributed by atoms with van der Waals surface area (Å²) in [6.07, 6.45) is 8.28. The third-order valence-electron chi connectivity index (χ3n) is 3.60. The number of rotatable bonds is 4. The zero-order chi connectivity index (χ0) is 13.8. The van der Waals surface area contributed by atoms with E-state index in [0.29, 0.717) is 11.6 Å². The maximum absolute atomic E-state index is 12.1. The average molecular weight is 286 g/mol. The molecule has 0 spiro atoms. The summed E-state index contributed by atoms with van der Waals surface area (Å²) in [5.74, 6) is -0.0531. The number of amides is 1. The number of para-hydroxylation sites is 1. The highest BCUT2D eigenvalue weighted by Gasteiger charge is 2.11. The number of hydrogen-bond acceptors (Lipinski definition) is 3. The fourth-order valence-electron chi connectivity index (χ4n) is 2.51. The molecule has 0 bridgehead atoms. The molecular weight excluding hydrogens is 268 g/mol. The number of carbonyl (C=O) groups is 1. The van der Waals surface area contributed by atoms with Gasteiger partial charge in [0.05, 0.1) is 10.2 Å². The minimum Gasteiger partial charge on any atom is -0.350 e. The highest BCUT2D eigenvalue weighted by molar-refractivity contribution is 7.20. The van der Waals surface area contributed by atoms with Crippen LogP contribution in [-0.4, -0.2) is 17.4 Å². The SMILES string of the molecule is O=C(NCCC1=CCCCC1)c1nc2ccccc2s1. The normalized spacial score (nSPS) is 15.1. The van der Waals surface area contributed by atoms with Crippen LogP contribution in [0.4, 0.5) is 0 Å². The Bertz CT molecular complexity index is 612. The predicted octanol–water partition coefficient (Wildman–Crippen LogP) is 3.92. The van der Waals surface area contributed by atoms with Crippen molar-refractivity contribution >= 4 is 27.5 Å². The van der Waals surface area contributed by atoms with E-state index in [-0.39, 0.29) is 5.91 Å². The third kappa shape index (κ3) is 3.07. The lowest BCUT2D eigenvalue weighted by Crippen LogP contribution is -2.24. The van der Waals surface area contributed by atoms with E-state index in [2.05, 4.69) is 16.4 Å². The fourth-order valence-corrected chi connectivity index (χ4v) is 3.40. The van der Waals surface area contributed by atoms with Gasteiger partial charge in [-0.3, -0.25) is 4.79 Å². The molecule has 0 aliphatic heterocycles. The van der Waals surface area contributed by atoms with Crippen molar-refractivity contribution in [1.29, 1.82) is 0 Å². The van der Waals surface area contributed by atoms with Gasteiger partial charge in [0.15, 0.2) is 5.01 Å². The van der Waals surface area contributed by atoms with E-state index >= 15 is 0 Å². The Morgan fingerprint density at radius 2 is 2.20 bits per heavy atom. The first kappa shape index (κ1) is 13.3. The predicted molar refractivity (Wildman–Crippen MR) is 83.1 cm³/mol. The molecular formula is C16H18N2OS. The number of carbonyl (C=O) groups excluding carboxylic acids is 1. The molecule has 0 fully saturated rings. The maximum Gasteiger partial charge on any atom is 0.280 e. The van der Waals surface area contributed by atoms with E-state index < -0.39 is 0 Å². The number of nitrogens with zero attached hydrogens (tertiary/aromatic N) is 1. The zero-order valence-corrected chi connectivity index (χ0v) is 12.2. The largest absolute Gasteiger partial charge is 0.350 e. The molecule has 20 heavy (non-hydrogen) atoms. The number of benzene rings is 1. The smallest absolute Gasteiger partial charge is 0.280 e. The lowest BCUT2D eigenvalue weighted by Gasteiger charge is -2.12. The van der Waals surface area contributed by atoms with Crippen LogP contribution < -0.4 is 5.32 Å². The quantitative estimate of drug-likeness (QED) is 0.866. The van der Waals surface area contributed by atoms with E-state index in [1.807, 2.05) is 24.3 Å². The molecule has 1 aromatic carbocycles. The molecule has 1 amide bonds. The molecule has 1 aromatic heterocycles. The summed E-state index contributed by atoms with van der Waals surface area (Å²) >= 11 is 1.45. The number of aromatic nitrogens is 1. The Morgan fingerprint density at radius 1 is 1.30 bits per heavy atom. The molecule has 1 aliphatic rings. The van der Waals surface area contributed by atoms with E-state index in [1.54, 1.807) is 0 Å². The zero-order valence-electron chi connectivity index (χ0n) is 11.4. The monoisotopic (exact) mass is 286 g/mol. The number of thiazole rings is 1. The van der Waals surface area contributed by atoms with Crippen LogP contribution in [0, 0.1) is 0 Å². The van der Waals surface area contributed by atoms with Gasteiger partial charge in [-0.05, 0) is 44.2 Å². The molecule has 0 saturated heterocycles. The van der Waals surface area contributed by atoms with Crippen LogP contribution in [0.5, 0.6) is 0 Å². The van der Waals surface area contributed by atoms with Gasteiger partial charge in [-0.1, -0.05) is 23.8 Å². The Labute approximate surface area is 122 Å². The minimum absolute atomic E-state index is 0.0531. The molecule has 1 aliphatic carbocycles. The lowest BCUT2D eigenvalue weighted by molar-refractivity contribution is 0.0954. The molecule has 0 atom stereocenters. The van der Waals surface area contributed by atoms with Crippen molar-refractivity contribution in [2.45, 2.75) is 32.1 Å². The van der Waals surface area contributed by atoms with Crippen LogP contribution >= 0.6 is 11.3 Å². The molecule has 0 saturated carbocycles. The van der Waals surface area contributed by atoms with Crippen molar-refractivity contribution in [3.63, 3.8) is 0 Å². The number of nitrogens with one attached hydrogen (secondary N) is 1. The van der Waals surface area contributed by atoms with Crippen LogP contribution in [0.15, 0.2) is 35.9 Å². The van der Waals surface area contributed by atoms with Crippen LogP contribution in [0.2, 0.25) is 0 Å². The van der Waals surface area contributed by atoms with Crippen LogP contribution in [0.1, 0.15) is 41.9 Å². The lowest BCUT2D eigenvalue weighted by atomic mass is 9.97. The summed E-state index contributed by atoms with van der Waals surface area (Å²) in [6.45, 7) is 0.709. The summed E-state index contributed by atoms with van der Waals surface area (Å²) < 4.78 is 1.06. The van der Waals surface area contributed by atoms with Gasteiger partial charge >= 0.3 is 0 Å². The van der Waals surface area contributed by atoms with E-state index in [9.17, 15) is 4.79 Å². The third-order valence-corrected chi connectivity index (χ3v) is 4.64. The molecule has 0 radical (unpaired) electrons. The second kappa shape index (κ2) is 6.18. The van der Waals surface area contributed by atoms with Gasteiger partial charge in [0.25, 0.3) is 5.91 Å². The standard InChI is InChI=1S/C16H18N2OS/c19-15(17-11-10-12-6-2-1-3-7-12)16-18-13-8-4-5-9-14(13)20-16/h4-6,8-9H,1-3,7,10-11H2,(H,17,19). The van der Waals surface area contributed by atoms with Crippen LogP contribution in [0.3, 0.4) is 0 Å². The summed E-state index contributed by atoms with van der Waals surface area (Å²) in [7, 11) is 0. The van der Waals surface area contributed by atoms with Gasteiger partial charge in [-0.2, -0.15) is 0 Å². The Hall–Kier alpha value is -1.68. The molecule has 1 N–H and O–H groups in total. The Morgan fingerprint density at radius 3 is 3.00 bits per heavy atom. The first-order chi connectivity index (χ1) is 9.83. The molecule has 2 aromatic rings. The van der Waals surface area contributed by atoms with Gasteiger partial charge in [0, 0.05) is 6.54 Å². The fraction of sp³-hybridized carbons (Fsp3) is 0.375. The maximum atomic E-state index is 12.1. The molecule has 0 unspecified atom stereocenters. The Balaban J connectivity index is 1.57. The van der Waals surface area contributed by atoms with Gasteiger partial charge in [-0.25, -0.2) is 4.98 Å². The van der Waals surface area contributed by atoms with Crippen molar-refractivity contribution < 1.29 is 4.79 Å². The van der Waals surface area contributed by atoms with Crippen molar-refractivity contribution in [2.75, 3.05) is 6.54 Å². The van der Waals surface area contributed by atoms with Crippen LogP contribution in [0.25, 0.3) is 10.2 Å². The molecule has 4 heteroatoms. The van der Waals surface area contributed by atoms with Crippen molar-refractivity contribution in [3.05, 3.63) is 40.9 Å². The first-order valence-electron chi connectivity index (χ1n) is 7.14. The van der Waals surface area contributed by atoms with Gasteiger partial charge in [0.1, 0.15) is 0 Å². The van der Waals surface area contributed by atoms with E-state index in [4.69, 9.17) is 0 Å².